The molecule has 0 spiro atoms. The number of thiocarbonyl (C=S) groups is 1. The summed E-state index contributed by atoms with van der Waals surface area (Å²) in [6, 6.07) is 9.15. The number of methoxy groups -OCH3 is 1. The van der Waals surface area contributed by atoms with Gasteiger partial charge in [0.15, 0.2) is 18.1 Å². The summed E-state index contributed by atoms with van der Waals surface area (Å²) in [4.78, 5) is 15.0. The fourth-order valence-corrected chi connectivity index (χ4v) is 4.20. The molecule has 6 nitrogen and oxygen atoms in total. The van der Waals surface area contributed by atoms with E-state index in [0.717, 1.165) is 5.56 Å². The van der Waals surface area contributed by atoms with Crippen molar-refractivity contribution in [3.05, 3.63) is 52.3 Å². The summed E-state index contributed by atoms with van der Waals surface area (Å²) in [7, 11) is 1.53. The number of rotatable bonds is 6. The molecule has 0 aliphatic carbocycles. The van der Waals surface area contributed by atoms with Crippen LogP contribution in [0.5, 0.6) is 11.5 Å². The summed E-state index contributed by atoms with van der Waals surface area (Å²) < 4.78 is 30.6. The maximum atomic E-state index is 13.0. The van der Waals surface area contributed by atoms with Crippen LogP contribution in [-0.4, -0.2) is 54.8 Å². The number of anilines is 1. The summed E-state index contributed by atoms with van der Waals surface area (Å²) in [6.07, 6.45) is 0.184. The van der Waals surface area contributed by atoms with Gasteiger partial charge in [-0.3, -0.25) is 4.79 Å². The van der Waals surface area contributed by atoms with Crippen LogP contribution in [0.15, 0.2) is 40.9 Å². The molecule has 1 aliphatic heterocycles. The van der Waals surface area contributed by atoms with Crippen LogP contribution >= 0.6 is 28.1 Å². The smallest absolute Gasteiger partial charge is 0.262 e. The highest BCUT2D eigenvalue weighted by Crippen LogP contribution is 2.37. The first-order valence-electron chi connectivity index (χ1n) is 9.77. The number of nitrogens with one attached hydrogen (secondary N) is 1. The average Bonchev–Trinajstić information content (AvgIpc) is 2.72. The molecule has 1 saturated heterocycles. The number of hydrogen-bond acceptors (Lipinski definition) is 5. The van der Waals surface area contributed by atoms with Gasteiger partial charge in [-0.1, -0.05) is 12.2 Å². The Morgan fingerprint density at radius 3 is 2.52 bits per heavy atom. The van der Waals surface area contributed by atoms with Gasteiger partial charge in [-0.15, -0.1) is 0 Å². The lowest BCUT2D eigenvalue weighted by Crippen LogP contribution is -2.47. The number of ether oxygens (including phenoxy) is 3. The van der Waals surface area contributed by atoms with Crippen LogP contribution in [0, 0.1) is 5.82 Å². The van der Waals surface area contributed by atoms with Crippen LogP contribution < -0.4 is 14.8 Å². The molecule has 1 N–H and O–H groups in total. The zero-order valence-electron chi connectivity index (χ0n) is 17.5. The van der Waals surface area contributed by atoms with Gasteiger partial charge in [0.25, 0.3) is 5.91 Å². The third-order valence-corrected chi connectivity index (χ3v) is 5.74. The predicted molar refractivity (Wildman–Crippen MR) is 125 cm³/mol. The predicted octanol–water partition coefficient (Wildman–Crippen LogP) is 4.40. The molecule has 2 aromatic carbocycles. The number of halogens is 2. The fraction of sp³-hybridized carbons (Fsp3) is 0.364. The molecule has 0 radical (unpaired) electrons. The Hall–Kier alpha value is -2.23. The molecule has 9 heteroatoms. The lowest BCUT2D eigenvalue weighted by atomic mass is 10.1. The molecule has 0 aromatic heterocycles. The Morgan fingerprint density at radius 1 is 1.26 bits per heavy atom. The highest BCUT2D eigenvalue weighted by atomic mass is 79.9. The Morgan fingerprint density at radius 2 is 1.90 bits per heavy atom. The Kier molecular flexibility index (Phi) is 7.85. The number of amides is 1. The molecule has 1 fully saturated rings. The lowest BCUT2D eigenvalue weighted by Gasteiger charge is -2.37. The van der Waals surface area contributed by atoms with E-state index in [-0.39, 0.29) is 30.5 Å². The second kappa shape index (κ2) is 10.4. The Bertz CT molecular complexity index is 947. The van der Waals surface area contributed by atoms with Crippen LogP contribution in [0.1, 0.15) is 19.4 Å². The van der Waals surface area contributed by atoms with Crippen molar-refractivity contribution in [2.75, 3.05) is 32.1 Å². The van der Waals surface area contributed by atoms with Gasteiger partial charge in [-0.2, -0.15) is 0 Å². The van der Waals surface area contributed by atoms with E-state index in [1.807, 2.05) is 19.9 Å². The minimum absolute atomic E-state index is 0.0919. The van der Waals surface area contributed by atoms with Gasteiger partial charge in [0, 0.05) is 24.3 Å². The van der Waals surface area contributed by atoms with Crippen molar-refractivity contribution < 1.29 is 23.4 Å². The normalized spacial score (nSPS) is 18.4. The molecule has 0 unspecified atom stereocenters. The van der Waals surface area contributed by atoms with Crippen molar-refractivity contribution in [1.82, 2.24) is 4.90 Å². The fourth-order valence-electron chi connectivity index (χ4n) is 3.38. The number of morpholine rings is 1. The first-order chi connectivity index (χ1) is 14.8. The van der Waals surface area contributed by atoms with Gasteiger partial charge < -0.3 is 24.4 Å². The third kappa shape index (κ3) is 6.15. The molecule has 1 aliphatic rings. The third-order valence-electron chi connectivity index (χ3n) is 4.66. The maximum Gasteiger partial charge on any atom is 0.262 e. The number of carbonyl (C=O) groups is 1. The summed E-state index contributed by atoms with van der Waals surface area (Å²) in [5.41, 5.74) is 1.29. The van der Waals surface area contributed by atoms with E-state index >= 15 is 0 Å². The number of nitrogens with zero attached hydrogens (tertiary/aromatic N) is 1. The SMILES string of the molecule is COc1cc(C(=S)N2C[C@H](C)O[C@@H](C)C2)cc(Br)c1OCC(=O)Nc1ccc(F)cc1. The zero-order chi connectivity index (χ0) is 22.5. The Labute approximate surface area is 194 Å². The van der Waals surface area contributed by atoms with E-state index in [2.05, 4.69) is 26.1 Å². The number of benzene rings is 2. The van der Waals surface area contributed by atoms with Gasteiger partial charge in [0.1, 0.15) is 10.8 Å². The molecular formula is C22H24BrFN2O4S. The first kappa shape index (κ1) is 23.4. The van der Waals surface area contributed by atoms with Gasteiger partial charge >= 0.3 is 0 Å². The topological polar surface area (TPSA) is 60.0 Å². The second-order valence-electron chi connectivity index (χ2n) is 7.30. The van der Waals surface area contributed by atoms with Crippen molar-refractivity contribution in [3.8, 4) is 11.5 Å². The van der Waals surface area contributed by atoms with Crippen molar-refractivity contribution >= 4 is 44.7 Å². The zero-order valence-corrected chi connectivity index (χ0v) is 19.9. The molecule has 31 heavy (non-hydrogen) atoms. The van der Waals surface area contributed by atoms with E-state index < -0.39 is 0 Å². The van der Waals surface area contributed by atoms with E-state index in [9.17, 15) is 9.18 Å². The van der Waals surface area contributed by atoms with Crippen molar-refractivity contribution in [1.29, 1.82) is 0 Å². The molecule has 0 saturated carbocycles. The van der Waals surface area contributed by atoms with E-state index in [0.29, 0.717) is 39.7 Å². The molecule has 166 valence electrons. The number of hydrogen-bond donors (Lipinski definition) is 1. The quantitative estimate of drug-likeness (QED) is 0.581. The molecule has 1 amide bonds. The van der Waals surface area contributed by atoms with Crippen LogP contribution in [0.3, 0.4) is 0 Å². The van der Waals surface area contributed by atoms with Gasteiger partial charge in [0.05, 0.1) is 23.8 Å². The summed E-state index contributed by atoms with van der Waals surface area (Å²) >= 11 is 9.21. The molecular weight excluding hydrogens is 487 g/mol. The van der Waals surface area contributed by atoms with Crippen molar-refractivity contribution in [2.24, 2.45) is 0 Å². The van der Waals surface area contributed by atoms with E-state index in [1.54, 1.807) is 6.07 Å². The van der Waals surface area contributed by atoms with Crippen LogP contribution in [-0.2, 0) is 9.53 Å². The monoisotopic (exact) mass is 510 g/mol. The van der Waals surface area contributed by atoms with Gasteiger partial charge in [0.2, 0.25) is 0 Å². The van der Waals surface area contributed by atoms with Gasteiger partial charge in [-0.25, -0.2) is 4.39 Å². The number of carbonyl (C=O) groups excluding carboxylic acids is 1. The lowest BCUT2D eigenvalue weighted by molar-refractivity contribution is -0.118. The van der Waals surface area contributed by atoms with E-state index in [4.69, 9.17) is 26.4 Å². The molecule has 0 bridgehead atoms. The molecule has 3 rings (SSSR count). The molecule has 2 aromatic rings. The van der Waals surface area contributed by atoms with Gasteiger partial charge in [-0.05, 0) is 66.2 Å². The van der Waals surface area contributed by atoms with Crippen molar-refractivity contribution in [2.45, 2.75) is 26.1 Å². The van der Waals surface area contributed by atoms with Crippen LogP contribution in [0.2, 0.25) is 0 Å². The first-order valence-corrected chi connectivity index (χ1v) is 11.0. The standard InChI is InChI=1S/C22H24BrFN2O4S/c1-13-10-26(11-14(2)30-13)22(31)15-8-18(23)21(19(9-15)28-3)29-12-20(27)25-17-6-4-16(24)5-7-17/h4-9,13-14H,10-12H2,1-3H3,(H,25,27)/t13-,14-/m0/s1. The highest BCUT2D eigenvalue weighted by Gasteiger charge is 2.25. The molecule has 1 heterocycles. The largest absolute Gasteiger partial charge is 0.493 e. The van der Waals surface area contributed by atoms with Crippen molar-refractivity contribution in [3.63, 3.8) is 0 Å². The van der Waals surface area contributed by atoms with Crippen LogP contribution in [0.4, 0.5) is 10.1 Å². The maximum absolute atomic E-state index is 13.0. The highest BCUT2D eigenvalue weighted by molar-refractivity contribution is 9.10. The average molecular weight is 511 g/mol. The minimum atomic E-state index is -0.378. The van der Waals surface area contributed by atoms with Crippen LogP contribution in [0.25, 0.3) is 0 Å². The minimum Gasteiger partial charge on any atom is -0.493 e. The summed E-state index contributed by atoms with van der Waals surface area (Å²) in [5, 5.41) is 2.65. The second-order valence-corrected chi connectivity index (χ2v) is 8.54. The summed E-state index contributed by atoms with van der Waals surface area (Å²) in [5.74, 6) is 0.0982. The molecule has 2 atom stereocenters. The Balaban J connectivity index is 1.69. The van der Waals surface area contributed by atoms with E-state index in [1.165, 1.54) is 31.4 Å². The summed E-state index contributed by atoms with van der Waals surface area (Å²) in [6.45, 7) is 5.23.